The lowest BCUT2D eigenvalue weighted by molar-refractivity contribution is 0.0651. The van der Waals surface area contributed by atoms with E-state index in [-0.39, 0.29) is 17.5 Å². The van der Waals surface area contributed by atoms with Gasteiger partial charge in [0.2, 0.25) is 5.76 Å². The lowest BCUT2D eigenvalue weighted by Crippen LogP contribution is -2.39. The van der Waals surface area contributed by atoms with Crippen LogP contribution in [0.25, 0.3) is 0 Å². The quantitative estimate of drug-likeness (QED) is 0.802. The van der Waals surface area contributed by atoms with E-state index in [0.29, 0.717) is 24.3 Å². The van der Waals surface area contributed by atoms with Crippen molar-refractivity contribution in [2.24, 2.45) is 0 Å². The summed E-state index contributed by atoms with van der Waals surface area (Å²) in [6.07, 6.45) is 1.31. The van der Waals surface area contributed by atoms with Gasteiger partial charge in [-0.1, -0.05) is 5.16 Å². The maximum atomic E-state index is 11.7. The smallest absolute Gasteiger partial charge is 0.374 e. The number of carbonyl (C=O) groups is 2. The summed E-state index contributed by atoms with van der Waals surface area (Å²) in [5.74, 6) is -0.961. The second-order valence-corrected chi connectivity index (χ2v) is 5.67. The largest absolute Gasteiger partial charge is 0.475 e. The van der Waals surface area contributed by atoms with E-state index in [1.54, 1.807) is 0 Å². The number of carboxylic acid groups (broad SMARTS) is 1. The molecule has 1 aromatic heterocycles. The number of hydrogen-bond acceptors (Lipinski definition) is 5. The number of amides is 1. The molecular formula is C10H12N2O5S. The monoisotopic (exact) mass is 272 g/mol. The van der Waals surface area contributed by atoms with Crippen LogP contribution in [-0.2, 0) is 10.8 Å². The van der Waals surface area contributed by atoms with Crippen molar-refractivity contribution >= 4 is 22.7 Å². The molecule has 0 saturated carbocycles. The summed E-state index contributed by atoms with van der Waals surface area (Å²) < 4.78 is 15.6. The minimum Gasteiger partial charge on any atom is -0.475 e. The molecule has 0 unspecified atom stereocenters. The zero-order valence-electron chi connectivity index (χ0n) is 9.42. The second-order valence-electron chi connectivity index (χ2n) is 3.98. The molecule has 1 aliphatic rings. The van der Waals surface area contributed by atoms with Crippen molar-refractivity contribution in [2.45, 2.75) is 18.9 Å². The van der Waals surface area contributed by atoms with Crippen LogP contribution < -0.4 is 5.32 Å². The van der Waals surface area contributed by atoms with Crippen LogP contribution in [0.2, 0.25) is 0 Å². The Balaban J connectivity index is 1.94. The molecular weight excluding hydrogens is 260 g/mol. The Morgan fingerprint density at radius 3 is 2.67 bits per heavy atom. The highest BCUT2D eigenvalue weighted by Crippen LogP contribution is 2.10. The Morgan fingerprint density at radius 1 is 1.44 bits per heavy atom. The number of aromatic carboxylic acids is 1. The third-order valence-electron chi connectivity index (χ3n) is 2.68. The SMILES string of the molecule is O=C(NC1CCS(=O)CC1)c1cc(C(=O)O)on1. The summed E-state index contributed by atoms with van der Waals surface area (Å²) in [5.41, 5.74) is -0.0564. The van der Waals surface area contributed by atoms with Crippen LogP contribution in [0.4, 0.5) is 0 Å². The summed E-state index contributed by atoms with van der Waals surface area (Å²) in [6, 6.07) is 1.04. The minimum absolute atomic E-state index is 0.0415. The molecule has 2 N–H and O–H groups in total. The van der Waals surface area contributed by atoms with Crippen molar-refractivity contribution in [3.63, 3.8) is 0 Å². The van der Waals surface area contributed by atoms with Crippen molar-refractivity contribution in [3.8, 4) is 0 Å². The van der Waals surface area contributed by atoms with Gasteiger partial charge >= 0.3 is 5.97 Å². The van der Waals surface area contributed by atoms with E-state index in [1.165, 1.54) is 0 Å². The van der Waals surface area contributed by atoms with Gasteiger partial charge in [0, 0.05) is 34.4 Å². The van der Waals surface area contributed by atoms with Crippen LogP contribution in [0.1, 0.15) is 33.9 Å². The van der Waals surface area contributed by atoms with E-state index >= 15 is 0 Å². The fraction of sp³-hybridized carbons (Fsp3) is 0.500. The molecule has 0 spiro atoms. The summed E-state index contributed by atoms with van der Waals surface area (Å²) in [4.78, 5) is 22.3. The van der Waals surface area contributed by atoms with Crippen molar-refractivity contribution < 1.29 is 23.4 Å². The molecule has 1 fully saturated rings. The van der Waals surface area contributed by atoms with Crippen molar-refractivity contribution in [1.82, 2.24) is 10.5 Å². The highest BCUT2D eigenvalue weighted by Gasteiger charge is 2.22. The summed E-state index contributed by atoms with van der Waals surface area (Å²) in [7, 11) is -0.785. The molecule has 1 aromatic rings. The Kier molecular flexibility index (Phi) is 3.75. The van der Waals surface area contributed by atoms with Crippen LogP contribution in [0.3, 0.4) is 0 Å². The van der Waals surface area contributed by atoms with Gasteiger partial charge in [-0.05, 0) is 12.8 Å². The van der Waals surface area contributed by atoms with Crippen molar-refractivity contribution in [1.29, 1.82) is 0 Å². The Bertz CT molecular complexity index is 488. The highest BCUT2D eigenvalue weighted by atomic mass is 32.2. The van der Waals surface area contributed by atoms with Gasteiger partial charge in [-0.3, -0.25) is 9.00 Å². The molecule has 2 rings (SSSR count). The van der Waals surface area contributed by atoms with Gasteiger partial charge in [0.05, 0.1) is 0 Å². The number of nitrogens with zero attached hydrogens (tertiary/aromatic N) is 1. The third kappa shape index (κ3) is 2.95. The summed E-state index contributed by atoms with van der Waals surface area (Å²) in [6.45, 7) is 0. The minimum atomic E-state index is -1.27. The van der Waals surface area contributed by atoms with Crippen LogP contribution in [-0.4, -0.2) is 43.9 Å². The molecule has 1 aliphatic heterocycles. The standard InChI is InChI=1S/C10H12N2O5S/c13-9(7-5-8(10(14)15)17-12-7)11-6-1-3-18(16)4-2-6/h5-6H,1-4H2,(H,11,13)(H,14,15). The first-order chi connectivity index (χ1) is 8.56. The van der Waals surface area contributed by atoms with Gasteiger partial charge in [-0.15, -0.1) is 0 Å². The molecule has 2 heterocycles. The number of nitrogens with one attached hydrogen (secondary N) is 1. The van der Waals surface area contributed by atoms with Gasteiger partial charge in [-0.2, -0.15) is 0 Å². The number of carboxylic acids is 1. The second kappa shape index (κ2) is 5.30. The Morgan fingerprint density at radius 2 is 2.11 bits per heavy atom. The van der Waals surface area contributed by atoms with E-state index in [9.17, 15) is 13.8 Å². The first-order valence-electron chi connectivity index (χ1n) is 5.42. The maximum Gasteiger partial charge on any atom is 0.374 e. The number of rotatable bonds is 3. The Hall–Kier alpha value is -1.70. The molecule has 8 heteroatoms. The Labute approximate surface area is 105 Å². The molecule has 1 amide bonds. The lowest BCUT2D eigenvalue weighted by atomic mass is 10.1. The van der Waals surface area contributed by atoms with Gasteiger partial charge in [0.25, 0.3) is 5.91 Å². The van der Waals surface area contributed by atoms with Crippen molar-refractivity contribution in [3.05, 3.63) is 17.5 Å². The topological polar surface area (TPSA) is 110 Å². The van der Waals surface area contributed by atoms with Crippen LogP contribution >= 0.6 is 0 Å². The maximum absolute atomic E-state index is 11.7. The molecule has 0 radical (unpaired) electrons. The fourth-order valence-corrected chi connectivity index (χ4v) is 2.98. The van der Waals surface area contributed by atoms with Gasteiger partial charge < -0.3 is 14.9 Å². The zero-order valence-corrected chi connectivity index (χ0v) is 10.2. The first-order valence-corrected chi connectivity index (χ1v) is 6.91. The van der Waals surface area contributed by atoms with Gasteiger partial charge in [0.15, 0.2) is 5.69 Å². The molecule has 0 aromatic carbocycles. The van der Waals surface area contributed by atoms with E-state index < -0.39 is 22.7 Å². The normalized spacial score (nSPS) is 23.6. The molecule has 1 saturated heterocycles. The highest BCUT2D eigenvalue weighted by molar-refractivity contribution is 7.85. The molecule has 0 aliphatic carbocycles. The molecule has 0 bridgehead atoms. The van der Waals surface area contributed by atoms with E-state index in [4.69, 9.17) is 5.11 Å². The average molecular weight is 272 g/mol. The van der Waals surface area contributed by atoms with E-state index in [2.05, 4.69) is 15.0 Å². The lowest BCUT2D eigenvalue weighted by Gasteiger charge is -2.21. The molecule has 18 heavy (non-hydrogen) atoms. The van der Waals surface area contributed by atoms with Crippen LogP contribution in [0.15, 0.2) is 10.6 Å². The average Bonchev–Trinajstić information content (AvgIpc) is 2.81. The first kappa shape index (κ1) is 12.7. The molecule has 0 atom stereocenters. The third-order valence-corrected chi connectivity index (χ3v) is 4.06. The summed E-state index contributed by atoms with van der Waals surface area (Å²) in [5, 5.41) is 14.7. The van der Waals surface area contributed by atoms with E-state index in [0.717, 1.165) is 6.07 Å². The van der Waals surface area contributed by atoms with E-state index in [1.807, 2.05) is 0 Å². The van der Waals surface area contributed by atoms with Gasteiger partial charge in [0.1, 0.15) is 0 Å². The van der Waals surface area contributed by atoms with Crippen LogP contribution in [0.5, 0.6) is 0 Å². The number of aromatic nitrogens is 1. The molecule has 7 nitrogen and oxygen atoms in total. The summed E-state index contributed by atoms with van der Waals surface area (Å²) >= 11 is 0. The van der Waals surface area contributed by atoms with Crippen molar-refractivity contribution in [2.75, 3.05) is 11.5 Å². The molecule has 98 valence electrons. The zero-order chi connectivity index (χ0) is 13.1. The predicted octanol–water partition coefficient (Wildman–Crippen LogP) is 0.0137. The number of hydrogen-bond donors (Lipinski definition) is 2. The fourth-order valence-electron chi connectivity index (χ4n) is 1.68. The van der Waals surface area contributed by atoms with Gasteiger partial charge in [-0.25, -0.2) is 4.79 Å². The van der Waals surface area contributed by atoms with Crippen LogP contribution in [0, 0.1) is 0 Å². The number of carbonyl (C=O) groups excluding carboxylic acids is 1. The predicted molar refractivity (Wildman–Crippen MR) is 61.8 cm³/mol.